The van der Waals surface area contributed by atoms with Gasteiger partial charge in [0.1, 0.15) is 6.61 Å². The molecule has 0 spiro atoms. The molecule has 0 radical (unpaired) electrons. The predicted molar refractivity (Wildman–Crippen MR) is 56.5 cm³/mol. The lowest BCUT2D eigenvalue weighted by Crippen LogP contribution is -1.98. The van der Waals surface area contributed by atoms with E-state index in [1.54, 1.807) is 6.07 Å². The van der Waals surface area contributed by atoms with Gasteiger partial charge in [0.25, 0.3) is 0 Å². The average Bonchev–Trinajstić information content (AvgIpc) is 2.15. The molecule has 0 aliphatic heterocycles. The summed E-state index contributed by atoms with van der Waals surface area (Å²) < 4.78 is 4.83. The van der Waals surface area contributed by atoms with Crippen LogP contribution in [0.5, 0.6) is 0 Å². The molecule has 0 amide bonds. The minimum Gasteiger partial charge on any atom is -0.461 e. The van der Waals surface area contributed by atoms with Crippen molar-refractivity contribution in [3.05, 3.63) is 34.3 Å². The molecule has 0 saturated heterocycles. The summed E-state index contributed by atoms with van der Waals surface area (Å²) in [6.07, 6.45) is 0. The average molecular weight is 233 g/mol. The molecule has 0 bridgehead atoms. The van der Waals surface area contributed by atoms with Crippen molar-refractivity contribution in [2.24, 2.45) is 0 Å². The highest BCUT2D eigenvalue weighted by Crippen LogP contribution is 2.19. The van der Waals surface area contributed by atoms with Gasteiger partial charge in [0.2, 0.25) is 0 Å². The Morgan fingerprint density at radius 3 is 2.71 bits per heavy atom. The van der Waals surface area contributed by atoms with Gasteiger partial charge in [0.15, 0.2) is 0 Å². The summed E-state index contributed by atoms with van der Waals surface area (Å²) in [6.45, 7) is 1.62. The molecule has 2 nitrogen and oxygen atoms in total. The molecular formula is C10H10Cl2O2. The zero-order valence-electron chi connectivity index (χ0n) is 7.72. The Morgan fingerprint density at radius 2 is 2.21 bits per heavy atom. The Labute approximate surface area is 92.8 Å². The predicted octanol–water partition coefficient (Wildman–Crippen LogP) is 3.14. The Kier molecular flexibility index (Phi) is 4.23. The number of hydrogen-bond acceptors (Lipinski definition) is 2. The van der Waals surface area contributed by atoms with Crippen LogP contribution in [0, 0.1) is 0 Å². The van der Waals surface area contributed by atoms with Crippen LogP contribution in [-0.2, 0) is 22.0 Å². The van der Waals surface area contributed by atoms with Gasteiger partial charge in [0, 0.05) is 17.8 Å². The number of benzene rings is 1. The van der Waals surface area contributed by atoms with E-state index in [4.69, 9.17) is 27.9 Å². The number of ether oxygens (including phenoxy) is 1. The van der Waals surface area contributed by atoms with Crippen LogP contribution in [0.15, 0.2) is 18.2 Å². The largest absolute Gasteiger partial charge is 0.461 e. The third-order valence-corrected chi connectivity index (χ3v) is 2.34. The molecule has 0 unspecified atom stereocenters. The first-order valence-corrected chi connectivity index (χ1v) is 5.01. The Morgan fingerprint density at radius 1 is 1.50 bits per heavy atom. The van der Waals surface area contributed by atoms with E-state index in [-0.39, 0.29) is 12.6 Å². The Balaban J connectivity index is 2.71. The smallest absolute Gasteiger partial charge is 0.302 e. The third-order valence-electron chi connectivity index (χ3n) is 1.70. The van der Waals surface area contributed by atoms with Crippen molar-refractivity contribution in [2.45, 2.75) is 19.4 Å². The first-order valence-electron chi connectivity index (χ1n) is 4.10. The highest BCUT2D eigenvalue weighted by molar-refractivity contribution is 6.32. The quantitative estimate of drug-likeness (QED) is 0.592. The van der Waals surface area contributed by atoms with E-state index < -0.39 is 0 Å². The Hall–Kier alpha value is -0.730. The molecule has 0 aliphatic rings. The van der Waals surface area contributed by atoms with Crippen molar-refractivity contribution >= 4 is 29.2 Å². The summed E-state index contributed by atoms with van der Waals surface area (Å²) in [5.74, 6) is 0.0784. The van der Waals surface area contributed by atoms with Crippen LogP contribution in [0.25, 0.3) is 0 Å². The number of carbonyl (C=O) groups excluding carboxylic acids is 1. The SMILES string of the molecule is CC(=O)OCc1ccc(CCl)c(Cl)c1. The summed E-state index contributed by atoms with van der Waals surface area (Å²) in [7, 11) is 0. The molecule has 4 heteroatoms. The molecule has 1 rings (SSSR count). The molecule has 1 aromatic carbocycles. The van der Waals surface area contributed by atoms with Crippen LogP contribution in [0.4, 0.5) is 0 Å². The maximum atomic E-state index is 10.5. The van der Waals surface area contributed by atoms with Gasteiger partial charge in [-0.3, -0.25) is 4.79 Å². The third kappa shape index (κ3) is 3.20. The van der Waals surface area contributed by atoms with E-state index >= 15 is 0 Å². The number of hydrogen-bond donors (Lipinski definition) is 0. The maximum Gasteiger partial charge on any atom is 0.302 e. The van der Waals surface area contributed by atoms with Crippen molar-refractivity contribution in [1.82, 2.24) is 0 Å². The molecule has 76 valence electrons. The molecule has 0 aliphatic carbocycles. The van der Waals surface area contributed by atoms with Crippen LogP contribution in [-0.4, -0.2) is 5.97 Å². The number of alkyl halides is 1. The lowest BCUT2D eigenvalue weighted by atomic mass is 10.1. The van der Waals surface area contributed by atoms with Crippen molar-refractivity contribution in [1.29, 1.82) is 0 Å². The van der Waals surface area contributed by atoms with E-state index in [2.05, 4.69) is 0 Å². The zero-order chi connectivity index (χ0) is 10.6. The Bertz CT molecular complexity index is 337. The molecule has 0 aromatic heterocycles. The number of carbonyl (C=O) groups is 1. The fourth-order valence-electron chi connectivity index (χ4n) is 0.974. The number of rotatable bonds is 3. The lowest BCUT2D eigenvalue weighted by Gasteiger charge is -2.04. The molecular weight excluding hydrogens is 223 g/mol. The second-order valence-electron chi connectivity index (χ2n) is 2.84. The summed E-state index contributed by atoms with van der Waals surface area (Å²) >= 11 is 11.6. The van der Waals surface area contributed by atoms with Gasteiger partial charge in [-0.05, 0) is 17.2 Å². The molecule has 0 heterocycles. The van der Waals surface area contributed by atoms with Gasteiger partial charge in [0.05, 0.1) is 0 Å². The molecule has 14 heavy (non-hydrogen) atoms. The zero-order valence-corrected chi connectivity index (χ0v) is 9.23. The minimum atomic E-state index is -0.303. The maximum absolute atomic E-state index is 10.5. The van der Waals surface area contributed by atoms with E-state index in [0.29, 0.717) is 10.9 Å². The monoisotopic (exact) mass is 232 g/mol. The molecule has 1 aromatic rings. The summed E-state index contributed by atoms with van der Waals surface area (Å²) in [5, 5.41) is 0.602. The second-order valence-corrected chi connectivity index (χ2v) is 3.51. The van der Waals surface area contributed by atoms with Crippen molar-refractivity contribution < 1.29 is 9.53 Å². The highest BCUT2D eigenvalue weighted by atomic mass is 35.5. The molecule has 0 saturated carbocycles. The lowest BCUT2D eigenvalue weighted by molar-refractivity contribution is -0.142. The van der Waals surface area contributed by atoms with E-state index in [9.17, 15) is 4.79 Å². The topological polar surface area (TPSA) is 26.3 Å². The van der Waals surface area contributed by atoms with E-state index in [0.717, 1.165) is 11.1 Å². The first-order chi connectivity index (χ1) is 6.63. The van der Waals surface area contributed by atoms with Gasteiger partial charge in [-0.25, -0.2) is 0 Å². The molecule has 0 fully saturated rings. The van der Waals surface area contributed by atoms with Crippen LogP contribution >= 0.6 is 23.2 Å². The summed E-state index contributed by atoms with van der Waals surface area (Å²) in [6, 6.07) is 5.42. The van der Waals surface area contributed by atoms with E-state index in [1.807, 2.05) is 12.1 Å². The van der Waals surface area contributed by atoms with Gasteiger partial charge >= 0.3 is 5.97 Å². The van der Waals surface area contributed by atoms with Crippen molar-refractivity contribution in [3.8, 4) is 0 Å². The molecule has 0 N–H and O–H groups in total. The first kappa shape index (κ1) is 11.3. The van der Waals surface area contributed by atoms with Crippen LogP contribution in [0.3, 0.4) is 0 Å². The van der Waals surface area contributed by atoms with Crippen LogP contribution in [0.2, 0.25) is 5.02 Å². The van der Waals surface area contributed by atoms with Crippen LogP contribution in [0.1, 0.15) is 18.1 Å². The normalized spacial score (nSPS) is 9.93. The summed E-state index contributed by atoms with van der Waals surface area (Å²) in [4.78, 5) is 10.5. The van der Waals surface area contributed by atoms with E-state index in [1.165, 1.54) is 6.92 Å². The van der Waals surface area contributed by atoms with Gasteiger partial charge in [-0.1, -0.05) is 23.7 Å². The second kappa shape index (κ2) is 5.23. The van der Waals surface area contributed by atoms with Gasteiger partial charge in [-0.2, -0.15) is 0 Å². The fourth-order valence-corrected chi connectivity index (χ4v) is 1.55. The van der Waals surface area contributed by atoms with Crippen molar-refractivity contribution in [2.75, 3.05) is 0 Å². The number of esters is 1. The van der Waals surface area contributed by atoms with Crippen molar-refractivity contribution in [3.63, 3.8) is 0 Å². The minimum absolute atomic E-state index is 0.248. The highest BCUT2D eigenvalue weighted by Gasteiger charge is 2.01. The summed E-state index contributed by atoms with van der Waals surface area (Å²) in [5.41, 5.74) is 1.74. The number of halogens is 2. The standard InChI is InChI=1S/C10H10Cl2O2/c1-7(13)14-6-8-2-3-9(5-11)10(12)4-8/h2-4H,5-6H2,1H3. The van der Waals surface area contributed by atoms with Crippen LogP contribution < -0.4 is 0 Å². The molecule has 0 atom stereocenters. The fraction of sp³-hybridized carbons (Fsp3) is 0.300. The van der Waals surface area contributed by atoms with Gasteiger partial charge in [-0.15, -0.1) is 11.6 Å². The van der Waals surface area contributed by atoms with Gasteiger partial charge < -0.3 is 4.74 Å².